The molecule has 0 unspecified atom stereocenters. The highest BCUT2D eigenvalue weighted by molar-refractivity contribution is 7.90. The van der Waals surface area contributed by atoms with Gasteiger partial charge in [-0.2, -0.15) is 0 Å². The van der Waals surface area contributed by atoms with Crippen LogP contribution < -0.4 is 5.32 Å². The molecule has 0 aliphatic carbocycles. The number of nitrogens with one attached hydrogen (secondary N) is 1. The van der Waals surface area contributed by atoms with Gasteiger partial charge in [0.1, 0.15) is 5.69 Å². The van der Waals surface area contributed by atoms with Gasteiger partial charge < -0.3 is 10.1 Å². The molecule has 0 amide bonds. The molecule has 21 heavy (non-hydrogen) atoms. The molecule has 0 spiro atoms. The highest BCUT2D eigenvalue weighted by Crippen LogP contribution is 2.27. The lowest BCUT2D eigenvalue weighted by molar-refractivity contribution is -0.384. The molecule has 1 rings (SSSR count). The van der Waals surface area contributed by atoms with Gasteiger partial charge in [0, 0.05) is 25.3 Å². The van der Waals surface area contributed by atoms with Crippen molar-refractivity contribution in [1.29, 1.82) is 0 Å². The number of nitro groups is 1. The summed E-state index contributed by atoms with van der Waals surface area (Å²) in [7, 11) is -2.23. The van der Waals surface area contributed by atoms with Crippen LogP contribution >= 0.6 is 0 Å². The molecule has 0 heterocycles. The lowest BCUT2D eigenvalue weighted by Crippen LogP contribution is -2.08. The Balaban J connectivity index is 2.83. The van der Waals surface area contributed by atoms with Gasteiger partial charge in [0.2, 0.25) is 0 Å². The minimum atomic E-state index is -3.51. The summed E-state index contributed by atoms with van der Waals surface area (Å²) in [6, 6.07) is 3.65. The fourth-order valence-electron chi connectivity index (χ4n) is 1.60. The van der Waals surface area contributed by atoms with Crippen LogP contribution in [0.2, 0.25) is 0 Å². The van der Waals surface area contributed by atoms with Crippen LogP contribution in [0.4, 0.5) is 11.4 Å². The number of methoxy groups -OCH3 is 1. The molecule has 9 heteroatoms. The van der Waals surface area contributed by atoms with Gasteiger partial charge in [-0.3, -0.25) is 14.9 Å². The summed E-state index contributed by atoms with van der Waals surface area (Å²) in [5.41, 5.74) is -0.117. The zero-order chi connectivity index (χ0) is 16.0. The van der Waals surface area contributed by atoms with Gasteiger partial charge in [0.25, 0.3) is 5.69 Å². The molecular weight excluding hydrogens is 300 g/mol. The lowest BCUT2D eigenvalue weighted by atomic mass is 10.2. The van der Waals surface area contributed by atoms with Crippen molar-refractivity contribution in [1.82, 2.24) is 0 Å². The van der Waals surface area contributed by atoms with Crippen molar-refractivity contribution in [3.8, 4) is 0 Å². The van der Waals surface area contributed by atoms with Crippen molar-refractivity contribution in [3.05, 3.63) is 28.3 Å². The number of nitro benzene ring substituents is 1. The second kappa shape index (κ2) is 7.02. The second-order valence-electron chi connectivity index (χ2n) is 4.31. The molecule has 0 aliphatic rings. The third-order valence-electron chi connectivity index (χ3n) is 2.69. The molecular formula is C12H16N2O6S. The van der Waals surface area contributed by atoms with E-state index in [-0.39, 0.29) is 28.7 Å². The first-order chi connectivity index (χ1) is 9.75. The highest BCUT2D eigenvalue weighted by Gasteiger charge is 2.18. The Hall–Kier alpha value is -2.16. The molecule has 0 radical (unpaired) electrons. The number of hydrogen-bond donors (Lipinski definition) is 1. The molecule has 8 nitrogen and oxygen atoms in total. The molecule has 0 atom stereocenters. The zero-order valence-corrected chi connectivity index (χ0v) is 12.5. The summed E-state index contributed by atoms with van der Waals surface area (Å²) in [5, 5.41) is 13.8. The van der Waals surface area contributed by atoms with Crippen molar-refractivity contribution in [3.63, 3.8) is 0 Å². The van der Waals surface area contributed by atoms with Crippen LogP contribution in [0.3, 0.4) is 0 Å². The van der Waals surface area contributed by atoms with Crippen LogP contribution in [0.25, 0.3) is 0 Å². The molecule has 0 aliphatic heterocycles. The van der Waals surface area contributed by atoms with Gasteiger partial charge in [-0.25, -0.2) is 8.42 Å². The van der Waals surface area contributed by atoms with E-state index in [9.17, 15) is 23.3 Å². The van der Waals surface area contributed by atoms with Crippen molar-refractivity contribution >= 4 is 27.2 Å². The number of hydrogen-bond acceptors (Lipinski definition) is 7. The molecule has 1 N–H and O–H groups in total. The van der Waals surface area contributed by atoms with E-state index < -0.39 is 14.8 Å². The molecule has 0 saturated heterocycles. The number of anilines is 1. The van der Waals surface area contributed by atoms with Gasteiger partial charge in [-0.15, -0.1) is 0 Å². The molecule has 1 aromatic carbocycles. The van der Waals surface area contributed by atoms with Crippen molar-refractivity contribution in [2.45, 2.75) is 17.7 Å². The van der Waals surface area contributed by atoms with Crippen molar-refractivity contribution < 1.29 is 22.9 Å². The Bertz CT molecular complexity index is 641. The standard InChI is InChI=1S/C12H16N2O6S/c1-20-12(15)4-3-7-13-10-6-5-9(21(2,18)19)8-11(10)14(16)17/h5-6,8,13H,3-4,7H2,1-2H3. The smallest absolute Gasteiger partial charge is 0.305 e. The van der Waals surface area contributed by atoms with Crippen LogP contribution in [-0.4, -0.2) is 39.2 Å². The van der Waals surface area contributed by atoms with Crippen LogP contribution in [0, 0.1) is 10.1 Å². The summed E-state index contributed by atoms with van der Waals surface area (Å²) in [6.07, 6.45) is 1.62. The Morgan fingerprint density at radius 3 is 2.62 bits per heavy atom. The SMILES string of the molecule is COC(=O)CCCNc1ccc(S(C)(=O)=O)cc1[N+](=O)[O-]. The minimum Gasteiger partial charge on any atom is -0.469 e. The first-order valence-corrected chi connectivity index (χ1v) is 7.94. The number of carbonyl (C=O) groups excluding carboxylic acids is 1. The molecule has 0 fully saturated rings. The fourth-order valence-corrected chi connectivity index (χ4v) is 2.24. The average molecular weight is 316 g/mol. The topological polar surface area (TPSA) is 116 Å². The minimum absolute atomic E-state index is 0.116. The first kappa shape index (κ1) is 16.9. The maximum Gasteiger partial charge on any atom is 0.305 e. The second-order valence-corrected chi connectivity index (χ2v) is 6.33. The first-order valence-electron chi connectivity index (χ1n) is 6.05. The summed E-state index contributed by atoms with van der Waals surface area (Å²) >= 11 is 0. The van der Waals surface area contributed by atoms with Crippen molar-refractivity contribution in [2.75, 3.05) is 25.2 Å². The van der Waals surface area contributed by atoms with Gasteiger partial charge in [0.15, 0.2) is 9.84 Å². The predicted molar refractivity (Wildman–Crippen MR) is 75.9 cm³/mol. The number of nitrogens with zero attached hydrogens (tertiary/aromatic N) is 1. The van der Waals surface area contributed by atoms with Crippen LogP contribution in [0.5, 0.6) is 0 Å². The van der Waals surface area contributed by atoms with Crippen LogP contribution in [0.1, 0.15) is 12.8 Å². The van der Waals surface area contributed by atoms with Gasteiger partial charge in [-0.1, -0.05) is 0 Å². The largest absolute Gasteiger partial charge is 0.469 e. The van der Waals surface area contributed by atoms with E-state index in [2.05, 4.69) is 10.1 Å². The van der Waals surface area contributed by atoms with Crippen molar-refractivity contribution in [2.24, 2.45) is 0 Å². The van der Waals surface area contributed by atoms with Gasteiger partial charge in [0.05, 0.1) is 16.9 Å². The quantitative estimate of drug-likeness (QED) is 0.349. The van der Waals surface area contributed by atoms with E-state index >= 15 is 0 Å². The Morgan fingerprint density at radius 2 is 2.10 bits per heavy atom. The summed E-state index contributed by atoms with van der Waals surface area (Å²) in [6.45, 7) is 0.328. The van der Waals surface area contributed by atoms with Crippen LogP contribution in [0.15, 0.2) is 23.1 Å². The third-order valence-corrected chi connectivity index (χ3v) is 3.81. The van der Waals surface area contributed by atoms with Gasteiger partial charge >= 0.3 is 5.97 Å². The zero-order valence-electron chi connectivity index (χ0n) is 11.7. The molecule has 0 bridgehead atoms. The normalized spacial score (nSPS) is 11.0. The van der Waals surface area contributed by atoms with E-state index in [1.165, 1.54) is 19.2 Å². The van der Waals surface area contributed by atoms with E-state index in [4.69, 9.17) is 0 Å². The maximum atomic E-state index is 11.4. The number of sulfone groups is 1. The fraction of sp³-hybridized carbons (Fsp3) is 0.417. The van der Waals surface area contributed by atoms with Crippen LogP contribution in [-0.2, 0) is 19.4 Å². The highest BCUT2D eigenvalue weighted by atomic mass is 32.2. The van der Waals surface area contributed by atoms with E-state index in [1.54, 1.807) is 0 Å². The number of ether oxygens (including phenoxy) is 1. The third kappa shape index (κ3) is 5.03. The summed E-state index contributed by atoms with van der Waals surface area (Å²) in [5.74, 6) is -0.362. The maximum absolute atomic E-state index is 11.4. The summed E-state index contributed by atoms with van der Waals surface area (Å²) < 4.78 is 27.3. The Morgan fingerprint density at radius 1 is 1.43 bits per heavy atom. The van der Waals surface area contributed by atoms with E-state index in [0.29, 0.717) is 13.0 Å². The number of rotatable bonds is 7. The monoisotopic (exact) mass is 316 g/mol. The van der Waals surface area contributed by atoms with Gasteiger partial charge in [-0.05, 0) is 18.6 Å². The predicted octanol–water partition coefficient (Wildman–Crippen LogP) is 1.36. The number of benzene rings is 1. The molecule has 1 aromatic rings. The molecule has 116 valence electrons. The average Bonchev–Trinajstić information content (AvgIpc) is 2.41. The summed E-state index contributed by atoms with van der Waals surface area (Å²) in [4.78, 5) is 21.1. The lowest BCUT2D eigenvalue weighted by Gasteiger charge is -2.08. The Kier molecular flexibility index (Phi) is 5.65. The van der Waals surface area contributed by atoms with E-state index in [0.717, 1.165) is 12.3 Å². The Labute approximate surface area is 122 Å². The number of carbonyl (C=O) groups is 1. The molecule has 0 saturated carbocycles. The van der Waals surface area contributed by atoms with E-state index in [1.807, 2.05) is 0 Å². The molecule has 0 aromatic heterocycles. The number of esters is 1.